The van der Waals surface area contributed by atoms with Crippen LogP contribution in [0.2, 0.25) is 0 Å². The summed E-state index contributed by atoms with van der Waals surface area (Å²) in [7, 11) is 0. The summed E-state index contributed by atoms with van der Waals surface area (Å²) in [5.74, 6) is 1.67. The first-order chi connectivity index (χ1) is 10.2. The molecule has 0 saturated heterocycles. The summed E-state index contributed by atoms with van der Waals surface area (Å²) in [4.78, 5) is 0. The number of fused-ring (bicyclic) bond motifs is 1. The number of hydrogen-bond acceptors (Lipinski definition) is 3. The van der Waals surface area contributed by atoms with Crippen LogP contribution in [0.15, 0.2) is 48.5 Å². The first kappa shape index (κ1) is 14.0. The zero-order valence-electron chi connectivity index (χ0n) is 12.5. The van der Waals surface area contributed by atoms with Crippen molar-refractivity contribution in [1.82, 2.24) is 5.32 Å². The van der Waals surface area contributed by atoms with Crippen LogP contribution in [0.25, 0.3) is 0 Å². The topological polar surface area (TPSA) is 30.5 Å². The van der Waals surface area contributed by atoms with E-state index in [0.717, 1.165) is 18.0 Å². The molecule has 2 aromatic carbocycles. The van der Waals surface area contributed by atoms with Crippen LogP contribution in [0, 0.1) is 6.92 Å². The Bertz CT molecular complexity index is 612. The molecule has 1 heterocycles. The van der Waals surface area contributed by atoms with Crippen LogP contribution in [0.3, 0.4) is 0 Å². The molecule has 0 amide bonds. The van der Waals surface area contributed by atoms with Gasteiger partial charge in [0.1, 0.15) is 12.7 Å². The predicted molar refractivity (Wildman–Crippen MR) is 83.9 cm³/mol. The molecule has 0 radical (unpaired) electrons. The standard InChI is InChI=1S/C18H21NO2/c1-13-7-3-4-8-16(13)14(2)19-11-15-12-20-17-9-5-6-10-18(17)21-15/h3-10,14-15,19H,11-12H2,1-2H3. The van der Waals surface area contributed by atoms with E-state index in [-0.39, 0.29) is 6.10 Å². The molecule has 3 rings (SSSR count). The summed E-state index contributed by atoms with van der Waals surface area (Å²) in [5, 5.41) is 3.54. The lowest BCUT2D eigenvalue weighted by molar-refractivity contribution is 0.0886. The lowest BCUT2D eigenvalue weighted by Gasteiger charge is -2.28. The maximum absolute atomic E-state index is 5.96. The van der Waals surface area contributed by atoms with Gasteiger partial charge in [-0.25, -0.2) is 0 Å². The van der Waals surface area contributed by atoms with Gasteiger partial charge in [0.2, 0.25) is 0 Å². The highest BCUT2D eigenvalue weighted by Gasteiger charge is 2.21. The van der Waals surface area contributed by atoms with E-state index >= 15 is 0 Å². The molecular formula is C18H21NO2. The van der Waals surface area contributed by atoms with Crippen LogP contribution in [0.1, 0.15) is 24.1 Å². The highest BCUT2D eigenvalue weighted by molar-refractivity contribution is 5.40. The molecule has 2 unspecified atom stereocenters. The smallest absolute Gasteiger partial charge is 0.161 e. The van der Waals surface area contributed by atoms with Gasteiger partial charge in [-0.1, -0.05) is 36.4 Å². The minimum absolute atomic E-state index is 0.0476. The maximum atomic E-state index is 5.96. The number of nitrogens with one attached hydrogen (secondary N) is 1. The Hall–Kier alpha value is -2.00. The van der Waals surface area contributed by atoms with Crippen LogP contribution in [-0.2, 0) is 0 Å². The predicted octanol–water partition coefficient (Wildman–Crippen LogP) is 3.49. The van der Waals surface area contributed by atoms with Crippen molar-refractivity contribution in [2.45, 2.75) is 26.0 Å². The first-order valence-electron chi connectivity index (χ1n) is 7.41. The van der Waals surface area contributed by atoms with E-state index in [0.29, 0.717) is 12.6 Å². The molecule has 3 heteroatoms. The average Bonchev–Trinajstić information content (AvgIpc) is 2.53. The van der Waals surface area contributed by atoms with Gasteiger partial charge >= 0.3 is 0 Å². The van der Waals surface area contributed by atoms with E-state index in [2.05, 4.69) is 43.4 Å². The summed E-state index contributed by atoms with van der Waals surface area (Å²) < 4.78 is 11.7. The van der Waals surface area contributed by atoms with Crippen molar-refractivity contribution >= 4 is 0 Å². The molecule has 0 saturated carbocycles. The minimum Gasteiger partial charge on any atom is -0.486 e. The Morgan fingerprint density at radius 1 is 1.10 bits per heavy atom. The number of aryl methyl sites for hydroxylation is 1. The largest absolute Gasteiger partial charge is 0.486 e. The monoisotopic (exact) mass is 283 g/mol. The molecule has 0 bridgehead atoms. The van der Waals surface area contributed by atoms with Crippen molar-refractivity contribution < 1.29 is 9.47 Å². The Morgan fingerprint density at radius 3 is 2.62 bits per heavy atom. The Kier molecular flexibility index (Phi) is 4.11. The fourth-order valence-corrected chi connectivity index (χ4v) is 2.65. The third kappa shape index (κ3) is 3.19. The van der Waals surface area contributed by atoms with Gasteiger partial charge in [0.25, 0.3) is 0 Å². The summed E-state index contributed by atoms with van der Waals surface area (Å²) in [6.07, 6.45) is 0.0476. The van der Waals surface area contributed by atoms with Crippen molar-refractivity contribution in [3.63, 3.8) is 0 Å². The third-order valence-electron chi connectivity index (χ3n) is 3.87. The van der Waals surface area contributed by atoms with Gasteiger partial charge in [-0.05, 0) is 37.1 Å². The van der Waals surface area contributed by atoms with Crippen LogP contribution < -0.4 is 14.8 Å². The van der Waals surface area contributed by atoms with Crippen LogP contribution >= 0.6 is 0 Å². The zero-order valence-corrected chi connectivity index (χ0v) is 12.5. The summed E-state index contributed by atoms with van der Waals surface area (Å²) in [6, 6.07) is 16.6. The van der Waals surface area contributed by atoms with E-state index < -0.39 is 0 Å². The van der Waals surface area contributed by atoms with Gasteiger partial charge in [0, 0.05) is 12.6 Å². The van der Waals surface area contributed by atoms with E-state index in [4.69, 9.17) is 9.47 Å². The second-order valence-electron chi connectivity index (χ2n) is 5.48. The van der Waals surface area contributed by atoms with Gasteiger partial charge in [-0.2, -0.15) is 0 Å². The average molecular weight is 283 g/mol. The fourth-order valence-electron chi connectivity index (χ4n) is 2.65. The molecule has 110 valence electrons. The molecule has 0 aromatic heterocycles. The lowest BCUT2D eigenvalue weighted by atomic mass is 10.0. The molecule has 1 aliphatic heterocycles. The van der Waals surface area contributed by atoms with Crippen molar-refractivity contribution in [3.05, 3.63) is 59.7 Å². The quantitative estimate of drug-likeness (QED) is 0.931. The SMILES string of the molecule is Cc1ccccc1C(C)NCC1COc2ccccc2O1. The van der Waals surface area contributed by atoms with Crippen molar-refractivity contribution in [2.24, 2.45) is 0 Å². The number of rotatable bonds is 4. The third-order valence-corrected chi connectivity index (χ3v) is 3.87. The van der Waals surface area contributed by atoms with E-state index in [1.807, 2.05) is 24.3 Å². The second kappa shape index (κ2) is 6.19. The zero-order chi connectivity index (χ0) is 14.7. The maximum Gasteiger partial charge on any atom is 0.161 e. The molecule has 3 nitrogen and oxygen atoms in total. The fraction of sp³-hybridized carbons (Fsp3) is 0.333. The van der Waals surface area contributed by atoms with Gasteiger partial charge in [-0.15, -0.1) is 0 Å². The van der Waals surface area contributed by atoms with Crippen molar-refractivity contribution in [2.75, 3.05) is 13.2 Å². The van der Waals surface area contributed by atoms with Gasteiger partial charge in [0.15, 0.2) is 11.5 Å². The van der Waals surface area contributed by atoms with Crippen LogP contribution in [0.4, 0.5) is 0 Å². The van der Waals surface area contributed by atoms with Gasteiger partial charge in [0.05, 0.1) is 0 Å². The number of ether oxygens (including phenoxy) is 2. The van der Waals surface area contributed by atoms with Crippen molar-refractivity contribution in [1.29, 1.82) is 0 Å². The Labute approximate surface area is 125 Å². The Morgan fingerprint density at radius 2 is 1.81 bits per heavy atom. The highest BCUT2D eigenvalue weighted by Crippen LogP contribution is 2.30. The first-order valence-corrected chi connectivity index (χ1v) is 7.41. The van der Waals surface area contributed by atoms with Gasteiger partial charge in [-0.3, -0.25) is 0 Å². The minimum atomic E-state index is 0.0476. The lowest BCUT2D eigenvalue weighted by Crippen LogP contribution is -2.39. The number of para-hydroxylation sites is 2. The Balaban J connectivity index is 1.58. The molecule has 2 atom stereocenters. The van der Waals surface area contributed by atoms with E-state index in [1.165, 1.54) is 11.1 Å². The molecule has 0 fully saturated rings. The molecule has 1 aliphatic rings. The summed E-state index contributed by atoms with van der Waals surface area (Å²) >= 11 is 0. The van der Waals surface area contributed by atoms with Crippen molar-refractivity contribution in [3.8, 4) is 11.5 Å². The molecule has 2 aromatic rings. The molecule has 1 N–H and O–H groups in total. The number of benzene rings is 2. The molecule has 0 aliphatic carbocycles. The van der Waals surface area contributed by atoms with E-state index in [9.17, 15) is 0 Å². The normalized spacial score (nSPS) is 18.3. The second-order valence-corrected chi connectivity index (χ2v) is 5.48. The molecule has 0 spiro atoms. The summed E-state index contributed by atoms with van der Waals surface area (Å²) in [5.41, 5.74) is 2.64. The van der Waals surface area contributed by atoms with Gasteiger partial charge < -0.3 is 14.8 Å². The molecular weight excluding hydrogens is 262 g/mol. The highest BCUT2D eigenvalue weighted by atomic mass is 16.6. The van der Waals surface area contributed by atoms with E-state index in [1.54, 1.807) is 0 Å². The van der Waals surface area contributed by atoms with Crippen LogP contribution in [-0.4, -0.2) is 19.3 Å². The van der Waals surface area contributed by atoms with Crippen LogP contribution in [0.5, 0.6) is 11.5 Å². The summed E-state index contributed by atoms with van der Waals surface area (Å²) in [6.45, 7) is 5.68. The molecule has 21 heavy (non-hydrogen) atoms. The number of hydrogen-bond donors (Lipinski definition) is 1.